The zero-order chi connectivity index (χ0) is 20.2. The number of hydrogen-bond donors (Lipinski definition) is 1. The molecule has 0 spiro atoms. The van der Waals surface area contributed by atoms with E-state index in [0.29, 0.717) is 17.9 Å². The van der Waals surface area contributed by atoms with E-state index < -0.39 is 0 Å². The molecule has 2 aromatic heterocycles. The minimum Gasteiger partial charge on any atom is -0.326 e. The number of halogens is 1. The van der Waals surface area contributed by atoms with Crippen molar-refractivity contribution in [2.24, 2.45) is 0 Å². The van der Waals surface area contributed by atoms with Gasteiger partial charge < -0.3 is 9.72 Å². The average Bonchev–Trinajstić information content (AvgIpc) is 3.12. The molecule has 4 rings (SSSR count). The van der Waals surface area contributed by atoms with E-state index in [1.807, 2.05) is 77.3 Å². The maximum atomic E-state index is 12.5. The number of nitrogens with one attached hydrogen (secondary N) is 1. The lowest BCUT2D eigenvalue weighted by Crippen LogP contribution is -2.13. The van der Waals surface area contributed by atoms with Crippen LogP contribution in [-0.2, 0) is 17.6 Å². The molecule has 0 fully saturated rings. The standard InChI is InChI=1S/C24H22ClN3O/c1-2-17-6-12-20(13-7-17)26-23(29)15-14-21-24(18-8-10-19(25)11-9-18)27-22-5-3-4-16-28(21)22/h3-13,16H,2,14-15H2,1H3,(H,26,29). The Labute approximate surface area is 175 Å². The van der Waals surface area contributed by atoms with Crippen LogP contribution >= 0.6 is 11.6 Å². The maximum Gasteiger partial charge on any atom is 0.224 e. The Morgan fingerprint density at radius 2 is 1.79 bits per heavy atom. The van der Waals surface area contributed by atoms with Crippen molar-refractivity contribution in [2.75, 3.05) is 5.32 Å². The van der Waals surface area contributed by atoms with E-state index in [1.54, 1.807) is 0 Å². The molecule has 146 valence electrons. The predicted molar refractivity (Wildman–Crippen MR) is 118 cm³/mol. The monoisotopic (exact) mass is 403 g/mol. The summed E-state index contributed by atoms with van der Waals surface area (Å²) in [5, 5.41) is 3.67. The summed E-state index contributed by atoms with van der Waals surface area (Å²) in [6.45, 7) is 2.11. The van der Waals surface area contributed by atoms with Crippen molar-refractivity contribution < 1.29 is 4.79 Å². The van der Waals surface area contributed by atoms with E-state index in [-0.39, 0.29) is 5.91 Å². The largest absolute Gasteiger partial charge is 0.326 e. The SMILES string of the molecule is CCc1ccc(NC(=O)CCc2c(-c3ccc(Cl)cc3)nc3ccccn23)cc1. The number of fused-ring (bicyclic) bond motifs is 1. The van der Waals surface area contributed by atoms with E-state index in [2.05, 4.69) is 12.2 Å². The van der Waals surface area contributed by atoms with Gasteiger partial charge in [-0.3, -0.25) is 4.79 Å². The van der Waals surface area contributed by atoms with Crippen LogP contribution in [-0.4, -0.2) is 15.3 Å². The summed E-state index contributed by atoms with van der Waals surface area (Å²) in [5.41, 5.74) is 5.82. The zero-order valence-corrected chi connectivity index (χ0v) is 17.0. The van der Waals surface area contributed by atoms with Gasteiger partial charge in [-0.2, -0.15) is 0 Å². The van der Waals surface area contributed by atoms with Gasteiger partial charge in [0, 0.05) is 28.9 Å². The number of carbonyl (C=O) groups is 1. The van der Waals surface area contributed by atoms with Crippen molar-refractivity contribution in [1.29, 1.82) is 0 Å². The number of pyridine rings is 1. The Bertz CT molecular complexity index is 1130. The van der Waals surface area contributed by atoms with Crippen LogP contribution in [0.2, 0.25) is 5.02 Å². The van der Waals surface area contributed by atoms with Gasteiger partial charge in [-0.25, -0.2) is 4.98 Å². The molecule has 0 atom stereocenters. The number of aromatic nitrogens is 2. The molecule has 1 N–H and O–H groups in total. The first-order valence-corrected chi connectivity index (χ1v) is 10.1. The van der Waals surface area contributed by atoms with E-state index in [0.717, 1.165) is 34.7 Å². The van der Waals surface area contributed by atoms with Crippen LogP contribution < -0.4 is 5.32 Å². The van der Waals surface area contributed by atoms with Gasteiger partial charge in [0.15, 0.2) is 0 Å². The summed E-state index contributed by atoms with van der Waals surface area (Å²) in [5.74, 6) is -0.0119. The average molecular weight is 404 g/mol. The number of aryl methyl sites for hydroxylation is 2. The smallest absolute Gasteiger partial charge is 0.224 e. The second-order valence-electron chi connectivity index (χ2n) is 6.94. The summed E-state index contributed by atoms with van der Waals surface area (Å²) in [6, 6.07) is 21.5. The second-order valence-corrected chi connectivity index (χ2v) is 7.38. The normalized spacial score (nSPS) is 11.0. The van der Waals surface area contributed by atoms with Gasteiger partial charge >= 0.3 is 0 Å². The minimum atomic E-state index is -0.0119. The summed E-state index contributed by atoms with van der Waals surface area (Å²) in [6.07, 6.45) is 3.93. The Kier molecular flexibility index (Phi) is 5.63. The molecule has 0 bridgehead atoms. The molecule has 2 heterocycles. The lowest BCUT2D eigenvalue weighted by atomic mass is 10.1. The third-order valence-electron chi connectivity index (χ3n) is 4.98. The van der Waals surface area contributed by atoms with Crippen LogP contribution in [0.5, 0.6) is 0 Å². The second kappa shape index (κ2) is 8.50. The molecule has 5 heteroatoms. The van der Waals surface area contributed by atoms with E-state index in [9.17, 15) is 4.79 Å². The number of anilines is 1. The number of imidazole rings is 1. The fraction of sp³-hybridized carbons (Fsp3) is 0.167. The number of nitrogens with zero attached hydrogens (tertiary/aromatic N) is 2. The fourth-order valence-electron chi connectivity index (χ4n) is 3.40. The number of carbonyl (C=O) groups excluding carboxylic acids is 1. The van der Waals surface area contributed by atoms with E-state index in [4.69, 9.17) is 16.6 Å². The van der Waals surface area contributed by atoms with Crippen molar-refractivity contribution in [2.45, 2.75) is 26.2 Å². The molecule has 1 amide bonds. The molecule has 0 saturated heterocycles. The zero-order valence-electron chi connectivity index (χ0n) is 16.2. The molecule has 0 saturated carbocycles. The van der Waals surface area contributed by atoms with Gasteiger partial charge in [0.1, 0.15) is 5.65 Å². The summed E-state index contributed by atoms with van der Waals surface area (Å²) < 4.78 is 2.05. The van der Waals surface area contributed by atoms with Crippen molar-refractivity contribution in [1.82, 2.24) is 9.38 Å². The maximum absolute atomic E-state index is 12.5. The molecule has 29 heavy (non-hydrogen) atoms. The first-order chi connectivity index (χ1) is 14.1. The van der Waals surface area contributed by atoms with Gasteiger partial charge in [0.05, 0.1) is 11.4 Å². The molecule has 0 unspecified atom stereocenters. The molecular formula is C24H22ClN3O. The predicted octanol–water partition coefficient (Wildman–Crippen LogP) is 5.79. The van der Waals surface area contributed by atoms with Crippen LogP contribution in [0, 0.1) is 0 Å². The highest BCUT2D eigenvalue weighted by Crippen LogP contribution is 2.27. The summed E-state index contributed by atoms with van der Waals surface area (Å²) >= 11 is 6.04. The highest BCUT2D eigenvalue weighted by molar-refractivity contribution is 6.30. The quantitative estimate of drug-likeness (QED) is 0.443. The Balaban J connectivity index is 1.55. The lowest BCUT2D eigenvalue weighted by Gasteiger charge is -2.08. The van der Waals surface area contributed by atoms with Crippen LogP contribution in [0.1, 0.15) is 24.6 Å². The highest BCUT2D eigenvalue weighted by Gasteiger charge is 2.15. The van der Waals surface area contributed by atoms with Crippen molar-refractivity contribution in [3.63, 3.8) is 0 Å². The van der Waals surface area contributed by atoms with Crippen molar-refractivity contribution in [3.8, 4) is 11.3 Å². The van der Waals surface area contributed by atoms with Crippen LogP contribution in [0.15, 0.2) is 72.9 Å². The van der Waals surface area contributed by atoms with Crippen molar-refractivity contribution >= 4 is 28.8 Å². The Morgan fingerprint density at radius 1 is 1.03 bits per heavy atom. The van der Waals surface area contributed by atoms with E-state index >= 15 is 0 Å². The summed E-state index contributed by atoms with van der Waals surface area (Å²) in [4.78, 5) is 17.3. The van der Waals surface area contributed by atoms with Gasteiger partial charge in [-0.05, 0) is 54.8 Å². The number of hydrogen-bond acceptors (Lipinski definition) is 2. The molecular weight excluding hydrogens is 382 g/mol. The molecule has 0 aliphatic rings. The molecule has 0 aliphatic carbocycles. The molecule has 2 aromatic carbocycles. The van der Waals surface area contributed by atoms with Gasteiger partial charge in [-0.1, -0.05) is 48.9 Å². The van der Waals surface area contributed by atoms with Crippen LogP contribution in [0.25, 0.3) is 16.9 Å². The number of benzene rings is 2. The van der Waals surface area contributed by atoms with Crippen molar-refractivity contribution in [3.05, 3.63) is 89.2 Å². The summed E-state index contributed by atoms with van der Waals surface area (Å²) in [7, 11) is 0. The molecule has 4 aromatic rings. The van der Waals surface area contributed by atoms with Gasteiger partial charge in [-0.15, -0.1) is 0 Å². The third-order valence-corrected chi connectivity index (χ3v) is 5.23. The molecule has 0 aliphatic heterocycles. The minimum absolute atomic E-state index is 0.0119. The van der Waals surface area contributed by atoms with E-state index in [1.165, 1.54) is 5.56 Å². The molecule has 0 radical (unpaired) electrons. The lowest BCUT2D eigenvalue weighted by molar-refractivity contribution is -0.116. The van der Waals surface area contributed by atoms with Crippen LogP contribution in [0.4, 0.5) is 5.69 Å². The fourth-order valence-corrected chi connectivity index (χ4v) is 3.53. The topological polar surface area (TPSA) is 46.4 Å². The number of amides is 1. The van der Waals surface area contributed by atoms with Gasteiger partial charge in [0.2, 0.25) is 5.91 Å². The van der Waals surface area contributed by atoms with Gasteiger partial charge in [0.25, 0.3) is 0 Å². The first-order valence-electron chi connectivity index (χ1n) is 9.74. The Hall–Kier alpha value is -3.11. The third kappa shape index (κ3) is 4.33. The highest BCUT2D eigenvalue weighted by atomic mass is 35.5. The molecule has 4 nitrogen and oxygen atoms in total. The Morgan fingerprint density at radius 3 is 2.52 bits per heavy atom. The van der Waals surface area contributed by atoms with Crippen LogP contribution in [0.3, 0.4) is 0 Å². The first kappa shape index (κ1) is 19.2. The number of rotatable bonds is 6.